The predicted octanol–water partition coefficient (Wildman–Crippen LogP) is 6.71. The van der Waals surface area contributed by atoms with Gasteiger partial charge in [0.25, 0.3) is 11.8 Å². The van der Waals surface area contributed by atoms with Gasteiger partial charge in [0.1, 0.15) is 0 Å². The minimum absolute atomic E-state index is 0.0239. The molecule has 0 bridgehead atoms. The maximum atomic E-state index is 13.3. The first-order chi connectivity index (χ1) is 18.8. The second kappa shape index (κ2) is 11.9. The SMILES string of the molecule is Cc1c(C(=O)Nc2cccc(C(=O)NCC(O)C(F)(F)F)c2)nn(-c2ccc(Cl)cc2Cl)c1-c1ccc(Cl)cc1. The summed E-state index contributed by atoms with van der Waals surface area (Å²) in [5.74, 6) is -1.47. The van der Waals surface area contributed by atoms with E-state index in [0.29, 0.717) is 37.6 Å². The Morgan fingerprint density at radius 2 is 1.65 bits per heavy atom. The van der Waals surface area contributed by atoms with Crippen LogP contribution in [0.25, 0.3) is 16.9 Å². The van der Waals surface area contributed by atoms with Crippen LogP contribution < -0.4 is 10.6 Å². The average Bonchev–Trinajstić information content (AvgIpc) is 3.23. The van der Waals surface area contributed by atoms with E-state index in [1.165, 1.54) is 28.9 Å². The topological polar surface area (TPSA) is 96.2 Å². The third-order valence-electron chi connectivity index (χ3n) is 5.81. The summed E-state index contributed by atoms with van der Waals surface area (Å²) in [6, 6.07) is 17.4. The van der Waals surface area contributed by atoms with Crippen LogP contribution in [0.2, 0.25) is 15.1 Å². The fourth-order valence-corrected chi connectivity index (χ4v) is 4.44. The highest BCUT2D eigenvalue weighted by atomic mass is 35.5. The molecule has 2 amide bonds. The summed E-state index contributed by atoms with van der Waals surface area (Å²) in [6.45, 7) is 0.693. The third-order valence-corrected chi connectivity index (χ3v) is 6.60. The minimum Gasteiger partial charge on any atom is -0.382 e. The number of amides is 2. The smallest absolute Gasteiger partial charge is 0.382 e. The van der Waals surface area contributed by atoms with Crippen molar-refractivity contribution in [2.75, 3.05) is 11.9 Å². The molecule has 7 nitrogen and oxygen atoms in total. The number of aliphatic hydroxyl groups is 1. The average molecular weight is 612 g/mol. The largest absolute Gasteiger partial charge is 0.416 e. The van der Waals surface area contributed by atoms with Gasteiger partial charge in [0.2, 0.25) is 0 Å². The van der Waals surface area contributed by atoms with Gasteiger partial charge in [-0.1, -0.05) is 53.0 Å². The van der Waals surface area contributed by atoms with Crippen LogP contribution in [0, 0.1) is 6.92 Å². The number of halogens is 6. The fraction of sp³-hybridized carbons (Fsp3) is 0.148. The summed E-state index contributed by atoms with van der Waals surface area (Å²) in [4.78, 5) is 25.7. The van der Waals surface area contributed by atoms with Crippen LogP contribution in [0.4, 0.5) is 18.9 Å². The van der Waals surface area contributed by atoms with Gasteiger partial charge >= 0.3 is 6.18 Å². The standard InChI is InChI=1S/C27H20Cl3F3N4O3/c1-14-23(26(40)35-19-4-2-3-16(11-19)25(39)34-13-22(38)27(31,32)33)36-37(21-10-9-18(29)12-20(21)30)24(14)15-5-7-17(28)8-6-15/h2-12,22,38H,13H2,1H3,(H,34,39)(H,35,40). The third kappa shape index (κ3) is 6.59. The van der Waals surface area contributed by atoms with Gasteiger partial charge < -0.3 is 15.7 Å². The van der Waals surface area contributed by atoms with Gasteiger partial charge in [-0.05, 0) is 55.5 Å². The van der Waals surface area contributed by atoms with Crippen LogP contribution >= 0.6 is 34.8 Å². The van der Waals surface area contributed by atoms with Crippen LogP contribution in [-0.2, 0) is 0 Å². The zero-order valence-corrected chi connectivity index (χ0v) is 22.8. The summed E-state index contributed by atoms with van der Waals surface area (Å²) >= 11 is 18.6. The van der Waals surface area contributed by atoms with Crippen molar-refractivity contribution >= 4 is 52.3 Å². The second-order valence-corrected chi connectivity index (χ2v) is 9.92. The minimum atomic E-state index is -4.87. The molecule has 1 atom stereocenters. The molecule has 13 heteroatoms. The van der Waals surface area contributed by atoms with Crippen molar-refractivity contribution in [3.8, 4) is 16.9 Å². The molecular formula is C27H20Cl3F3N4O3. The number of anilines is 1. The first-order valence-corrected chi connectivity index (χ1v) is 12.7. The molecule has 0 fully saturated rings. The molecule has 1 heterocycles. The van der Waals surface area contributed by atoms with Crippen molar-refractivity contribution in [1.29, 1.82) is 0 Å². The number of nitrogens with one attached hydrogen (secondary N) is 2. The Balaban J connectivity index is 1.64. The number of hydrogen-bond acceptors (Lipinski definition) is 4. The monoisotopic (exact) mass is 610 g/mol. The van der Waals surface area contributed by atoms with E-state index < -0.39 is 30.6 Å². The maximum absolute atomic E-state index is 13.3. The van der Waals surface area contributed by atoms with Gasteiger partial charge in [-0.3, -0.25) is 9.59 Å². The van der Waals surface area contributed by atoms with E-state index in [1.807, 2.05) is 5.32 Å². The van der Waals surface area contributed by atoms with E-state index in [4.69, 9.17) is 39.9 Å². The van der Waals surface area contributed by atoms with Crippen molar-refractivity contribution in [3.05, 3.63) is 98.6 Å². The van der Waals surface area contributed by atoms with Crippen molar-refractivity contribution in [3.63, 3.8) is 0 Å². The molecule has 0 saturated heterocycles. The Bertz CT molecular complexity index is 1570. The van der Waals surface area contributed by atoms with E-state index in [2.05, 4.69) is 10.4 Å². The number of carbonyl (C=O) groups is 2. The lowest BCUT2D eigenvalue weighted by atomic mass is 10.1. The number of carbonyl (C=O) groups excluding carboxylic acids is 2. The first kappa shape index (κ1) is 29.4. The van der Waals surface area contributed by atoms with Crippen LogP contribution in [-0.4, -0.2) is 45.5 Å². The highest BCUT2D eigenvalue weighted by Gasteiger charge is 2.38. The van der Waals surface area contributed by atoms with Crippen molar-refractivity contribution in [2.45, 2.75) is 19.2 Å². The number of aliphatic hydroxyl groups excluding tert-OH is 1. The van der Waals surface area contributed by atoms with Gasteiger partial charge in [0.15, 0.2) is 11.8 Å². The maximum Gasteiger partial charge on any atom is 0.416 e. The van der Waals surface area contributed by atoms with E-state index in [9.17, 15) is 22.8 Å². The molecule has 1 aromatic heterocycles. The lowest BCUT2D eigenvalue weighted by Gasteiger charge is -2.15. The Morgan fingerprint density at radius 1 is 0.975 bits per heavy atom. The number of nitrogens with zero attached hydrogens (tertiary/aromatic N) is 2. The molecule has 0 radical (unpaired) electrons. The van der Waals surface area contributed by atoms with E-state index >= 15 is 0 Å². The van der Waals surface area contributed by atoms with E-state index in [-0.39, 0.29) is 16.9 Å². The Hall–Kier alpha value is -3.57. The second-order valence-electron chi connectivity index (χ2n) is 8.64. The Kier molecular flexibility index (Phi) is 8.74. The van der Waals surface area contributed by atoms with Crippen molar-refractivity contribution < 1.29 is 27.9 Å². The highest BCUT2D eigenvalue weighted by Crippen LogP contribution is 2.33. The summed E-state index contributed by atoms with van der Waals surface area (Å²) in [5, 5.41) is 19.6. The van der Waals surface area contributed by atoms with Gasteiger partial charge in [-0.25, -0.2) is 4.68 Å². The molecule has 0 aliphatic heterocycles. The van der Waals surface area contributed by atoms with Crippen molar-refractivity contribution in [2.24, 2.45) is 0 Å². The van der Waals surface area contributed by atoms with Crippen LogP contribution in [0.15, 0.2) is 66.7 Å². The van der Waals surface area contributed by atoms with Crippen LogP contribution in [0.1, 0.15) is 26.4 Å². The molecule has 0 aliphatic carbocycles. The lowest BCUT2D eigenvalue weighted by Crippen LogP contribution is -2.40. The molecule has 3 N–H and O–H groups in total. The summed E-state index contributed by atoms with van der Waals surface area (Å²) < 4.78 is 39.1. The zero-order chi connectivity index (χ0) is 29.2. The number of hydrogen-bond donors (Lipinski definition) is 3. The Morgan fingerprint density at radius 3 is 2.30 bits per heavy atom. The quantitative estimate of drug-likeness (QED) is 0.216. The summed E-state index contributed by atoms with van der Waals surface area (Å²) in [6.07, 6.45) is -7.58. The molecule has 0 spiro atoms. The molecular weight excluding hydrogens is 592 g/mol. The molecule has 3 aromatic carbocycles. The van der Waals surface area contributed by atoms with E-state index in [1.54, 1.807) is 49.4 Å². The van der Waals surface area contributed by atoms with Gasteiger partial charge in [0.05, 0.1) is 22.9 Å². The summed E-state index contributed by atoms with van der Waals surface area (Å²) in [5.41, 5.74) is 2.49. The molecule has 4 rings (SSSR count). The van der Waals surface area contributed by atoms with E-state index in [0.717, 1.165) is 0 Å². The van der Waals surface area contributed by atoms with Crippen LogP contribution in [0.3, 0.4) is 0 Å². The lowest BCUT2D eigenvalue weighted by molar-refractivity contribution is -0.201. The van der Waals surface area contributed by atoms with Crippen molar-refractivity contribution in [1.82, 2.24) is 15.1 Å². The molecule has 40 heavy (non-hydrogen) atoms. The zero-order valence-electron chi connectivity index (χ0n) is 20.6. The highest BCUT2D eigenvalue weighted by molar-refractivity contribution is 6.35. The number of alkyl halides is 3. The molecule has 1 unspecified atom stereocenters. The first-order valence-electron chi connectivity index (χ1n) is 11.6. The number of aromatic nitrogens is 2. The molecule has 0 aliphatic rings. The summed E-state index contributed by atoms with van der Waals surface area (Å²) in [7, 11) is 0. The number of rotatable bonds is 7. The predicted molar refractivity (Wildman–Crippen MR) is 148 cm³/mol. The fourth-order valence-electron chi connectivity index (χ4n) is 3.82. The molecule has 0 saturated carbocycles. The van der Waals surface area contributed by atoms with Gasteiger partial charge in [-0.2, -0.15) is 18.3 Å². The Labute approximate surface area is 241 Å². The molecule has 208 valence electrons. The normalized spacial score (nSPS) is 12.2. The van der Waals surface area contributed by atoms with Gasteiger partial charge in [-0.15, -0.1) is 0 Å². The van der Waals surface area contributed by atoms with Crippen LogP contribution in [0.5, 0.6) is 0 Å². The molecule has 4 aromatic rings. The number of benzene rings is 3. The van der Waals surface area contributed by atoms with Gasteiger partial charge in [0, 0.05) is 32.4 Å².